The van der Waals surface area contributed by atoms with Crippen LogP contribution in [0, 0.1) is 10.1 Å². The van der Waals surface area contributed by atoms with Gasteiger partial charge in [0, 0.05) is 11.6 Å². The van der Waals surface area contributed by atoms with Crippen LogP contribution in [0.4, 0.5) is 11.4 Å². The number of nitrogens with one attached hydrogen (secondary N) is 1. The summed E-state index contributed by atoms with van der Waals surface area (Å²) in [6.07, 6.45) is 1.46. The first-order valence-corrected chi connectivity index (χ1v) is 4.02. The minimum atomic E-state index is -0.844. The lowest BCUT2D eigenvalue weighted by Gasteiger charge is -2.00. The molecule has 0 spiro atoms. The van der Waals surface area contributed by atoms with Crippen LogP contribution in [0.2, 0.25) is 0 Å². The molecule has 0 radical (unpaired) electrons. The molecule has 0 bridgehead atoms. The maximum Gasteiger partial charge on any atom is 0.357 e. The van der Waals surface area contributed by atoms with Crippen molar-refractivity contribution in [2.24, 2.45) is 0 Å². The molecule has 0 saturated heterocycles. The first-order chi connectivity index (χ1) is 7.11. The Morgan fingerprint density at radius 1 is 1.53 bits per heavy atom. The highest BCUT2D eigenvalue weighted by Gasteiger charge is 2.20. The summed E-state index contributed by atoms with van der Waals surface area (Å²) < 4.78 is 0. The fourth-order valence-electron chi connectivity index (χ4n) is 1.32. The Kier molecular flexibility index (Phi) is 1.86. The normalized spacial score (nSPS) is 10.4. The van der Waals surface area contributed by atoms with Crippen LogP contribution in [0.1, 0.15) is 0 Å². The van der Waals surface area contributed by atoms with E-state index in [0.29, 0.717) is 5.39 Å². The first kappa shape index (κ1) is 9.13. The molecular weight excluding hydrogens is 200 g/mol. The fraction of sp³-hybridized carbons (Fsp3) is 0. The van der Waals surface area contributed by atoms with Crippen molar-refractivity contribution in [3.05, 3.63) is 38.8 Å². The van der Waals surface area contributed by atoms with Crippen molar-refractivity contribution in [3.8, 4) is 0 Å². The number of aromatic amines is 1. The van der Waals surface area contributed by atoms with Gasteiger partial charge in [-0.3, -0.25) is 14.9 Å². The topological polar surface area (TPSA) is 115 Å². The monoisotopic (exact) mass is 206 g/mol. The van der Waals surface area contributed by atoms with E-state index >= 15 is 0 Å². The van der Waals surface area contributed by atoms with E-state index in [-0.39, 0.29) is 11.3 Å². The van der Waals surface area contributed by atoms with E-state index in [2.05, 4.69) is 9.97 Å². The van der Waals surface area contributed by atoms with Gasteiger partial charge in [0.25, 0.3) is 0 Å². The zero-order chi connectivity index (χ0) is 11.0. The van der Waals surface area contributed by atoms with E-state index in [4.69, 9.17) is 5.73 Å². The molecule has 0 amide bonds. The lowest BCUT2D eigenvalue weighted by atomic mass is 10.2. The summed E-state index contributed by atoms with van der Waals surface area (Å²) in [4.78, 5) is 27.2. The van der Waals surface area contributed by atoms with Gasteiger partial charge in [-0.2, -0.15) is 0 Å². The van der Waals surface area contributed by atoms with Crippen molar-refractivity contribution in [2.45, 2.75) is 0 Å². The molecule has 2 aromatic heterocycles. The Hall–Kier alpha value is -2.44. The summed E-state index contributed by atoms with van der Waals surface area (Å²) >= 11 is 0. The summed E-state index contributed by atoms with van der Waals surface area (Å²) in [5.41, 5.74) is 4.11. The number of nitrogens with zero attached hydrogens (tertiary/aromatic N) is 2. The van der Waals surface area contributed by atoms with Crippen LogP contribution in [-0.2, 0) is 0 Å². The molecule has 0 fully saturated rings. The highest BCUT2D eigenvalue weighted by Crippen LogP contribution is 2.23. The third-order valence-electron chi connectivity index (χ3n) is 1.98. The number of H-pyrrole nitrogens is 1. The number of aromatic nitrogens is 2. The maximum atomic E-state index is 11.3. The Bertz CT molecular complexity index is 604. The molecule has 7 heteroatoms. The van der Waals surface area contributed by atoms with Crippen molar-refractivity contribution in [2.75, 3.05) is 5.73 Å². The van der Waals surface area contributed by atoms with E-state index in [1.54, 1.807) is 12.1 Å². The molecule has 0 aliphatic rings. The van der Waals surface area contributed by atoms with Crippen molar-refractivity contribution in [1.82, 2.24) is 9.97 Å². The minimum absolute atomic E-state index is 0.160. The molecule has 0 saturated carbocycles. The van der Waals surface area contributed by atoms with Crippen LogP contribution in [0.3, 0.4) is 0 Å². The summed E-state index contributed by atoms with van der Waals surface area (Å²) in [5, 5.41) is 10.9. The van der Waals surface area contributed by atoms with Gasteiger partial charge in [0.05, 0.1) is 4.92 Å². The van der Waals surface area contributed by atoms with Crippen LogP contribution < -0.4 is 11.3 Å². The molecule has 76 valence electrons. The number of rotatable bonds is 1. The number of nitrogen functional groups attached to an aromatic ring is 1. The van der Waals surface area contributed by atoms with Crippen LogP contribution in [0.25, 0.3) is 11.0 Å². The van der Waals surface area contributed by atoms with Gasteiger partial charge in [-0.15, -0.1) is 0 Å². The lowest BCUT2D eigenvalue weighted by Crippen LogP contribution is -2.14. The SMILES string of the molecule is Nc1c([N+](=O)[O-])c(=O)[nH]c2ncccc12. The molecule has 2 rings (SSSR count). The zero-order valence-corrected chi connectivity index (χ0v) is 7.43. The van der Waals surface area contributed by atoms with Gasteiger partial charge in [0.2, 0.25) is 0 Å². The van der Waals surface area contributed by atoms with E-state index in [9.17, 15) is 14.9 Å². The molecule has 3 N–H and O–H groups in total. The van der Waals surface area contributed by atoms with Crippen LogP contribution in [-0.4, -0.2) is 14.9 Å². The number of anilines is 1. The van der Waals surface area contributed by atoms with Gasteiger partial charge < -0.3 is 10.7 Å². The third-order valence-corrected chi connectivity index (χ3v) is 1.98. The summed E-state index contributed by atoms with van der Waals surface area (Å²) in [5.74, 6) is 0. The fourth-order valence-corrected chi connectivity index (χ4v) is 1.32. The summed E-state index contributed by atoms with van der Waals surface area (Å²) in [6.45, 7) is 0. The molecular formula is C8H6N4O3. The highest BCUT2D eigenvalue weighted by molar-refractivity contribution is 5.91. The average Bonchev–Trinajstić information content (AvgIpc) is 2.17. The second-order valence-electron chi connectivity index (χ2n) is 2.87. The van der Waals surface area contributed by atoms with Gasteiger partial charge in [0.1, 0.15) is 11.3 Å². The van der Waals surface area contributed by atoms with Crippen LogP contribution >= 0.6 is 0 Å². The molecule has 2 heterocycles. The lowest BCUT2D eigenvalue weighted by molar-refractivity contribution is -0.385. The second-order valence-corrected chi connectivity index (χ2v) is 2.87. The van der Waals surface area contributed by atoms with Crippen molar-refractivity contribution in [3.63, 3.8) is 0 Å². The maximum absolute atomic E-state index is 11.3. The van der Waals surface area contributed by atoms with E-state index < -0.39 is 16.2 Å². The Morgan fingerprint density at radius 3 is 2.93 bits per heavy atom. The number of nitrogens with two attached hydrogens (primary N) is 1. The third kappa shape index (κ3) is 1.30. The molecule has 0 unspecified atom stereocenters. The van der Waals surface area contributed by atoms with Gasteiger partial charge in [-0.25, -0.2) is 4.98 Å². The predicted molar refractivity (Wildman–Crippen MR) is 53.4 cm³/mol. The Balaban J connectivity index is 2.97. The quantitative estimate of drug-likeness (QED) is 0.518. The first-order valence-electron chi connectivity index (χ1n) is 4.02. The standard InChI is InChI=1S/C8H6N4O3/c9-5-4-2-1-3-10-7(4)11-8(13)6(5)12(14)15/h1-3H,(H3,9,10,11,13). The number of pyridine rings is 2. The Labute approximate surface area is 82.7 Å². The molecule has 0 aromatic carbocycles. The van der Waals surface area contributed by atoms with Gasteiger partial charge in [0.15, 0.2) is 0 Å². The molecule has 0 aliphatic heterocycles. The summed E-state index contributed by atoms with van der Waals surface area (Å²) in [7, 11) is 0. The van der Waals surface area contributed by atoms with Gasteiger partial charge in [-0.05, 0) is 12.1 Å². The average molecular weight is 206 g/mol. The molecule has 2 aromatic rings. The zero-order valence-electron chi connectivity index (χ0n) is 7.43. The number of nitro groups is 1. The molecule has 15 heavy (non-hydrogen) atoms. The highest BCUT2D eigenvalue weighted by atomic mass is 16.6. The van der Waals surface area contributed by atoms with E-state index in [1.165, 1.54) is 6.20 Å². The van der Waals surface area contributed by atoms with Crippen LogP contribution in [0.5, 0.6) is 0 Å². The number of hydrogen-bond donors (Lipinski definition) is 2. The molecule has 0 aliphatic carbocycles. The van der Waals surface area contributed by atoms with Crippen molar-refractivity contribution in [1.29, 1.82) is 0 Å². The van der Waals surface area contributed by atoms with Crippen molar-refractivity contribution >= 4 is 22.4 Å². The van der Waals surface area contributed by atoms with Crippen molar-refractivity contribution < 1.29 is 4.92 Å². The second kappa shape index (κ2) is 3.05. The number of hydrogen-bond acceptors (Lipinski definition) is 5. The Morgan fingerprint density at radius 2 is 2.27 bits per heavy atom. The van der Waals surface area contributed by atoms with Crippen LogP contribution in [0.15, 0.2) is 23.1 Å². The predicted octanol–water partition coefficient (Wildman–Crippen LogP) is 0.413. The minimum Gasteiger partial charge on any atom is -0.392 e. The number of fused-ring (bicyclic) bond motifs is 1. The smallest absolute Gasteiger partial charge is 0.357 e. The van der Waals surface area contributed by atoms with E-state index in [0.717, 1.165) is 0 Å². The molecule has 7 nitrogen and oxygen atoms in total. The van der Waals surface area contributed by atoms with Gasteiger partial charge in [-0.1, -0.05) is 0 Å². The summed E-state index contributed by atoms with van der Waals surface area (Å²) in [6, 6.07) is 3.14. The molecule has 0 atom stereocenters. The largest absolute Gasteiger partial charge is 0.392 e. The van der Waals surface area contributed by atoms with E-state index in [1.807, 2.05) is 0 Å². The van der Waals surface area contributed by atoms with Gasteiger partial charge >= 0.3 is 11.2 Å².